The van der Waals surface area contributed by atoms with Crippen LogP contribution in [0.5, 0.6) is 0 Å². The first-order valence-corrected chi connectivity index (χ1v) is 25.5. The van der Waals surface area contributed by atoms with Gasteiger partial charge in [-0.05, 0) is 168 Å². The minimum absolute atomic E-state index is 0.00394. The molecule has 0 radical (unpaired) electrons. The molecule has 1 saturated heterocycles. The first kappa shape index (κ1) is 54.5. The molecular weight excluding hydrogens is 810 g/mol. The van der Waals surface area contributed by atoms with Crippen LogP contribution in [0.4, 0.5) is 4.48 Å². The molecule has 6 fully saturated rings. The fourth-order valence-corrected chi connectivity index (χ4v) is 14.2. The van der Waals surface area contributed by atoms with E-state index in [1.165, 1.54) is 68.8 Å². The number of carbonyl (C=O) groups excluding carboxylic acids is 2. The lowest BCUT2D eigenvalue weighted by Gasteiger charge is -2.69. The number of hydrogen-bond acceptors (Lipinski definition) is 7. The number of halogens is 1. The van der Waals surface area contributed by atoms with Crippen LogP contribution in [-0.4, -0.2) is 92.8 Å². The average molecular weight is 902 g/mol. The van der Waals surface area contributed by atoms with Gasteiger partial charge in [0.05, 0.1) is 6.10 Å². The van der Waals surface area contributed by atoms with E-state index in [1.807, 2.05) is 39.1 Å². The molecule has 1 aliphatic heterocycles. The Balaban J connectivity index is 0.000000260. The highest BCUT2D eigenvalue weighted by Gasteiger charge is 2.66. The van der Waals surface area contributed by atoms with Crippen LogP contribution in [0.25, 0.3) is 0 Å². The lowest BCUT2D eigenvalue weighted by molar-refractivity contribution is -0.213. The van der Waals surface area contributed by atoms with Crippen molar-refractivity contribution >= 4 is 12.2 Å². The quantitative estimate of drug-likeness (QED) is 0.0597. The minimum atomic E-state index is -0.132. The Bertz CT molecular complexity index is 1690. The number of aliphatic hydroxyl groups is 1. The van der Waals surface area contributed by atoms with Crippen LogP contribution in [0.15, 0.2) is 85.2 Å². The summed E-state index contributed by atoms with van der Waals surface area (Å²) in [5.41, 5.74) is 5.55. The van der Waals surface area contributed by atoms with E-state index in [1.54, 1.807) is 6.08 Å². The second-order valence-corrected chi connectivity index (χ2v) is 21.4. The molecule has 9 atom stereocenters. The molecule has 0 aromatic rings. The summed E-state index contributed by atoms with van der Waals surface area (Å²) in [5.74, 6) is 3.76. The van der Waals surface area contributed by atoms with E-state index >= 15 is 0 Å². The summed E-state index contributed by atoms with van der Waals surface area (Å²) in [6, 6.07) is 0. The highest BCUT2D eigenvalue weighted by atomic mass is 19.2. The number of aliphatic hydroxyl groups excluding tert-OH is 1. The summed E-state index contributed by atoms with van der Waals surface area (Å²) >= 11 is 0. The molecule has 5 saturated carbocycles. The van der Waals surface area contributed by atoms with Crippen molar-refractivity contribution in [3.05, 3.63) is 85.2 Å². The Hall–Kier alpha value is -3.11. The fourth-order valence-electron chi connectivity index (χ4n) is 14.2. The van der Waals surface area contributed by atoms with Crippen molar-refractivity contribution in [1.29, 1.82) is 0 Å². The van der Waals surface area contributed by atoms with E-state index in [-0.39, 0.29) is 22.8 Å². The standard InChI is InChI=1S/C26H42O2.C25H40FN5O.C3H6.C2H4/c1-23(2)20-10-13-24(3)18-9-15-26(16-27)12-5-6-19(26)17(18)7-8-21(24)25(20,4)14-11-22(23)28;1-4-6-23(9-10-25(32)28-13-14-30-15-17-31(26)18-16-30)20-29-21(2)24-8-5-7-22(19-24)11-12-27-3;1-3-2;1-2/h16-22,28H,5-15H2,1-4H3;4,6-7,9,19,27,29H,2,5,8,10-18,20H2,1,3H3,(H,28,32);3H,1H2,2H3;1-2H2/b;6-4-,23-9+;;. The Morgan fingerprint density at radius 2 is 1.62 bits per heavy atom. The van der Waals surface area contributed by atoms with Crippen LogP contribution >= 0.6 is 0 Å². The molecule has 6 aliphatic carbocycles. The van der Waals surface area contributed by atoms with Crippen LogP contribution in [0.2, 0.25) is 0 Å². The lowest BCUT2D eigenvalue weighted by Crippen LogP contribution is -2.63. The van der Waals surface area contributed by atoms with Crippen molar-refractivity contribution < 1.29 is 19.2 Å². The third-order valence-electron chi connectivity index (χ3n) is 17.5. The molecule has 0 bridgehead atoms. The maximum atomic E-state index is 13.0. The van der Waals surface area contributed by atoms with Crippen LogP contribution in [0, 0.1) is 51.2 Å². The molecule has 8 nitrogen and oxygen atoms in total. The summed E-state index contributed by atoms with van der Waals surface area (Å²) in [6.07, 6.45) is 30.7. The molecule has 65 heavy (non-hydrogen) atoms. The Morgan fingerprint density at radius 1 is 0.908 bits per heavy atom. The molecule has 0 aromatic carbocycles. The molecule has 9 heteroatoms. The number of rotatable bonds is 14. The number of carbonyl (C=O) groups is 2. The van der Waals surface area contributed by atoms with E-state index in [0.717, 1.165) is 85.8 Å². The molecule has 366 valence electrons. The zero-order valence-corrected chi connectivity index (χ0v) is 42.1. The Labute approximate surface area is 395 Å². The third-order valence-corrected chi connectivity index (χ3v) is 17.5. The number of fused-ring (bicyclic) bond motifs is 7. The monoisotopic (exact) mass is 902 g/mol. The Morgan fingerprint density at radius 3 is 2.29 bits per heavy atom. The molecular formula is C56H92FN5O3. The molecule has 9 unspecified atom stereocenters. The van der Waals surface area contributed by atoms with Crippen molar-refractivity contribution in [3.63, 3.8) is 0 Å². The summed E-state index contributed by atoms with van der Waals surface area (Å²) in [5, 5.41) is 21.2. The third kappa shape index (κ3) is 13.1. The fraction of sp³-hybridized carbons (Fsp3) is 0.714. The van der Waals surface area contributed by atoms with Gasteiger partial charge in [0, 0.05) is 63.3 Å². The number of nitrogens with zero attached hydrogens (tertiary/aromatic N) is 2. The van der Waals surface area contributed by atoms with Gasteiger partial charge < -0.3 is 25.9 Å². The molecule has 4 N–H and O–H groups in total. The number of aldehydes is 1. The predicted molar refractivity (Wildman–Crippen MR) is 271 cm³/mol. The van der Waals surface area contributed by atoms with Crippen molar-refractivity contribution in [2.75, 3.05) is 59.4 Å². The summed E-state index contributed by atoms with van der Waals surface area (Å²) in [6.45, 7) is 32.6. The largest absolute Gasteiger partial charge is 0.393 e. The SMILES string of the molecule is C=C.C=C(NCC(/C=C\C)=C/CC(=O)NCCN1CCN(F)CC1)C1=CC(CCNC)=CCC1.C=CC.CC1(C)C(O)CCC2(C)C1CCC1(C)C3CCC4(C=O)CCCC4C3CCC12. The minimum Gasteiger partial charge on any atom is -0.393 e. The Kier molecular flexibility index (Phi) is 21.2. The maximum Gasteiger partial charge on any atom is 0.223 e. The van der Waals surface area contributed by atoms with Crippen molar-refractivity contribution in [3.8, 4) is 0 Å². The highest BCUT2D eigenvalue weighted by Crippen LogP contribution is 2.72. The van der Waals surface area contributed by atoms with Gasteiger partial charge in [0.25, 0.3) is 0 Å². The summed E-state index contributed by atoms with van der Waals surface area (Å²) in [4.78, 5) is 26.5. The van der Waals surface area contributed by atoms with E-state index in [0.29, 0.717) is 68.4 Å². The van der Waals surface area contributed by atoms with Gasteiger partial charge in [-0.3, -0.25) is 9.69 Å². The van der Waals surface area contributed by atoms with Gasteiger partial charge in [-0.25, -0.2) is 0 Å². The van der Waals surface area contributed by atoms with Gasteiger partial charge in [-0.1, -0.05) is 82.7 Å². The van der Waals surface area contributed by atoms with E-state index in [2.05, 4.69) is 87.0 Å². The van der Waals surface area contributed by atoms with Crippen LogP contribution in [0.3, 0.4) is 0 Å². The zero-order chi connectivity index (χ0) is 47.8. The number of allylic oxidation sites excluding steroid dienone is 5. The number of nitrogens with one attached hydrogen (secondary N) is 3. The van der Waals surface area contributed by atoms with Gasteiger partial charge in [0.1, 0.15) is 6.29 Å². The molecule has 0 aromatic heterocycles. The van der Waals surface area contributed by atoms with Gasteiger partial charge in [-0.15, -0.1) is 29.3 Å². The molecule has 7 aliphatic rings. The molecule has 0 spiro atoms. The summed E-state index contributed by atoms with van der Waals surface area (Å²) in [7, 11) is 1.97. The predicted octanol–water partition coefficient (Wildman–Crippen LogP) is 10.9. The topological polar surface area (TPSA) is 96.9 Å². The molecule has 1 heterocycles. The van der Waals surface area contributed by atoms with Gasteiger partial charge >= 0.3 is 0 Å². The van der Waals surface area contributed by atoms with Crippen molar-refractivity contribution in [1.82, 2.24) is 26.0 Å². The summed E-state index contributed by atoms with van der Waals surface area (Å²) < 4.78 is 13.0. The second kappa shape index (κ2) is 25.3. The lowest BCUT2D eigenvalue weighted by atomic mass is 9.36. The van der Waals surface area contributed by atoms with E-state index < -0.39 is 0 Å². The zero-order valence-electron chi connectivity index (χ0n) is 42.1. The van der Waals surface area contributed by atoms with Gasteiger partial charge in [0.2, 0.25) is 5.91 Å². The number of piperazine rings is 1. The molecule has 1 amide bonds. The molecule has 7 rings (SSSR count). The van der Waals surface area contributed by atoms with Gasteiger partial charge in [-0.2, -0.15) is 0 Å². The van der Waals surface area contributed by atoms with Crippen LogP contribution in [-0.2, 0) is 9.59 Å². The van der Waals surface area contributed by atoms with Crippen molar-refractivity contribution in [2.45, 2.75) is 144 Å². The smallest absolute Gasteiger partial charge is 0.223 e. The van der Waals surface area contributed by atoms with Crippen molar-refractivity contribution in [2.24, 2.45) is 51.2 Å². The first-order chi connectivity index (χ1) is 31.1. The van der Waals surface area contributed by atoms with Gasteiger partial charge in [0.15, 0.2) is 0 Å². The maximum absolute atomic E-state index is 13.0. The first-order valence-electron chi connectivity index (χ1n) is 25.5. The average Bonchev–Trinajstić information content (AvgIpc) is 3.75. The van der Waals surface area contributed by atoms with E-state index in [4.69, 9.17) is 0 Å². The number of amides is 1. The van der Waals surface area contributed by atoms with E-state index in [9.17, 15) is 19.2 Å². The highest BCUT2D eigenvalue weighted by molar-refractivity contribution is 5.77. The normalized spacial score (nSPS) is 34.1. The second-order valence-electron chi connectivity index (χ2n) is 21.4. The van der Waals surface area contributed by atoms with Crippen LogP contribution < -0.4 is 16.0 Å². The van der Waals surface area contributed by atoms with Crippen LogP contribution in [0.1, 0.15) is 138 Å². The number of hydrogen-bond donors (Lipinski definition) is 4.